The van der Waals surface area contributed by atoms with Gasteiger partial charge in [0.25, 0.3) is 5.91 Å². The van der Waals surface area contributed by atoms with Crippen LogP contribution in [0, 0.1) is 5.92 Å². The van der Waals surface area contributed by atoms with Gasteiger partial charge in [-0.05, 0) is 56.7 Å². The van der Waals surface area contributed by atoms with Gasteiger partial charge < -0.3 is 14.7 Å². The van der Waals surface area contributed by atoms with Gasteiger partial charge in [0.1, 0.15) is 6.04 Å². The molecule has 0 bridgehead atoms. The van der Waals surface area contributed by atoms with E-state index < -0.39 is 6.04 Å². The molecule has 1 atom stereocenters. The van der Waals surface area contributed by atoms with E-state index in [1.807, 2.05) is 9.80 Å². The largest absolute Gasteiger partial charge is 0.342 e. The van der Waals surface area contributed by atoms with E-state index >= 15 is 0 Å². The molecule has 6 nitrogen and oxygen atoms in total. The molecular weight excluding hydrogens is 449 g/mol. The molecule has 0 spiro atoms. The molecule has 8 heteroatoms. The van der Waals surface area contributed by atoms with Gasteiger partial charge in [-0.2, -0.15) is 0 Å². The molecule has 0 aliphatic carbocycles. The van der Waals surface area contributed by atoms with Gasteiger partial charge in [-0.25, -0.2) is 0 Å². The van der Waals surface area contributed by atoms with Crippen LogP contribution in [-0.2, 0) is 9.59 Å². The maximum absolute atomic E-state index is 13.3. The van der Waals surface area contributed by atoms with Crippen molar-refractivity contribution in [1.29, 1.82) is 0 Å². The number of piperidine rings is 1. The first kappa shape index (κ1) is 23.4. The van der Waals surface area contributed by atoms with E-state index in [4.69, 9.17) is 23.2 Å². The zero-order valence-corrected chi connectivity index (χ0v) is 19.9. The molecule has 3 aliphatic rings. The Hall–Kier alpha value is -1.79. The van der Waals surface area contributed by atoms with Gasteiger partial charge in [0, 0.05) is 43.7 Å². The summed E-state index contributed by atoms with van der Waals surface area (Å²) < 4.78 is 0. The van der Waals surface area contributed by atoms with Crippen molar-refractivity contribution in [3.8, 4) is 0 Å². The average molecular weight is 480 g/mol. The number of nitrogens with zero attached hydrogens (tertiary/aromatic N) is 3. The van der Waals surface area contributed by atoms with Crippen molar-refractivity contribution in [3.63, 3.8) is 0 Å². The standard InChI is InChI=1S/C24H31Cl2N3O3/c25-18-7-8-20(26)19(16-18)23(31)29-13-5-6-21(29)24(32)28-14-9-17(10-15-28)22(30)27-11-3-1-2-4-12-27/h7-8,16-17,21H,1-6,9-15H2/t21-/m1/s1. The zero-order valence-electron chi connectivity index (χ0n) is 18.4. The second-order valence-corrected chi connectivity index (χ2v) is 9.96. The second kappa shape index (κ2) is 10.4. The van der Waals surface area contributed by atoms with E-state index in [0.29, 0.717) is 54.5 Å². The Balaban J connectivity index is 1.36. The van der Waals surface area contributed by atoms with Crippen molar-refractivity contribution in [3.05, 3.63) is 33.8 Å². The predicted octanol–water partition coefficient (Wildman–Crippen LogP) is 4.24. The molecule has 3 fully saturated rings. The van der Waals surface area contributed by atoms with Crippen LogP contribution in [-0.4, -0.2) is 71.2 Å². The fourth-order valence-corrected chi connectivity index (χ4v) is 5.56. The van der Waals surface area contributed by atoms with Crippen LogP contribution in [0.15, 0.2) is 18.2 Å². The van der Waals surface area contributed by atoms with Crippen LogP contribution in [0.2, 0.25) is 10.0 Å². The number of halogens is 2. The highest BCUT2D eigenvalue weighted by atomic mass is 35.5. The van der Waals surface area contributed by atoms with Crippen LogP contribution in [0.5, 0.6) is 0 Å². The van der Waals surface area contributed by atoms with Crippen molar-refractivity contribution in [2.75, 3.05) is 32.7 Å². The Morgan fingerprint density at radius 2 is 1.41 bits per heavy atom. The molecule has 3 heterocycles. The fourth-order valence-electron chi connectivity index (χ4n) is 5.19. The molecule has 0 saturated carbocycles. The number of hydrogen-bond acceptors (Lipinski definition) is 3. The number of rotatable bonds is 3. The Morgan fingerprint density at radius 3 is 2.09 bits per heavy atom. The van der Waals surface area contributed by atoms with E-state index in [-0.39, 0.29) is 23.6 Å². The molecule has 1 aromatic rings. The third-order valence-electron chi connectivity index (χ3n) is 7.03. The molecule has 0 N–H and O–H groups in total. The lowest BCUT2D eigenvalue weighted by Gasteiger charge is -2.36. The summed E-state index contributed by atoms with van der Waals surface area (Å²) in [6, 6.07) is 4.34. The summed E-state index contributed by atoms with van der Waals surface area (Å²) in [7, 11) is 0. The van der Waals surface area contributed by atoms with E-state index in [0.717, 1.165) is 32.4 Å². The maximum atomic E-state index is 13.3. The fraction of sp³-hybridized carbons (Fsp3) is 0.625. The summed E-state index contributed by atoms with van der Waals surface area (Å²) in [6.45, 7) is 3.40. The lowest BCUT2D eigenvalue weighted by atomic mass is 9.94. The third kappa shape index (κ3) is 5.07. The average Bonchev–Trinajstić information content (AvgIpc) is 3.14. The van der Waals surface area contributed by atoms with E-state index in [1.54, 1.807) is 23.1 Å². The Bertz CT molecular complexity index is 862. The Labute approximate surface area is 199 Å². The molecule has 0 unspecified atom stereocenters. The first-order valence-corrected chi connectivity index (χ1v) is 12.5. The normalized spacial score (nSPS) is 22.7. The zero-order chi connectivity index (χ0) is 22.7. The number of carbonyl (C=O) groups is 3. The van der Waals surface area contributed by atoms with Gasteiger partial charge in [0.05, 0.1) is 10.6 Å². The van der Waals surface area contributed by atoms with Crippen LogP contribution in [0.1, 0.15) is 61.7 Å². The van der Waals surface area contributed by atoms with E-state index in [2.05, 4.69) is 0 Å². The molecule has 0 aromatic heterocycles. The topological polar surface area (TPSA) is 60.9 Å². The number of likely N-dealkylation sites (tertiary alicyclic amines) is 3. The van der Waals surface area contributed by atoms with Gasteiger partial charge in [-0.15, -0.1) is 0 Å². The van der Waals surface area contributed by atoms with Crippen molar-refractivity contribution in [2.45, 2.75) is 57.4 Å². The third-order valence-corrected chi connectivity index (χ3v) is 7.60. The second-order valence-electron chi connectivity index (χ2n) is 9.12. The number of amides is 3. The van der Waals surface area contributed by atoms with Crippen LogP contribution in [0.3, 0.4) is 0 Å². The Morgan fingerprint density at radius 1 is 0.750 bits per heavy atom. The van der Waals surface area contributed by atoms with Crippen LogP contribution in [0.4, 0.5) is 0 Å². The summed E-state index contributed by atoms with van der Waals surface area (Å²) in [6.07, 6.45) is 7.40. The number of hydrogen-bond donors (Lipinski definition) is 0. The molecule has 32 heavy (non-hydrogen) atoms. The first-order chi connectivity index (χ1) is 15.5. The SMILES string of the molecule is O=C(C1CCN(C(=O)[C@H]2CCCN2C(=O)c2cc(Cl)ccc2Cl)CC1)N1CCCCCC1. The number of benzene rings is 1. The van der Waals surface area contributed by atoms with Gasteiger partial charge in [0.2, 0.25) is 11.8 Å². The summed E-state index contributed by atoms with van der Waals surface area (Å²) in [5, 5.41) is 0.779. The van der Waals surface area contributed by atoms with E-state index in [1.165, 1.54) is 12.8 Å². The molecule has 3 aliphatic heterocycles. The highest BCUT2D eigenvalue weighted by molar-refractivity contribution is 6.35. The quantitative estimate of drug-likeness (QED) is 0.651. The van der Waals surface area contributed by atoms with Crippen molar-refractivity contribution in [1.82, 2.24) is 14.7 Å². The lowest BCUT2D eigenvalue weighted by Crippen LogP contribution is -2.51. The van der Waals surface area contributed by atoms with Gasteiger partial charge >= 0.3 is 0 Å². The van der Waals surface area contributed by atoms with Gasteiger partial charge in [-0.1, -0.05) is 36.0 Å². The predicted molar refractivity (Wildman–Crippen MR) is 125 cm³/mol. The molecule has 174 valence electrons. The van der Waals surface area contributed by atoms with E-state index in [9.17, 15) is 14.4 Å². The summed E-state index contributed by atoms with van der Waals surface area (Å²) >= 11 is 12.3. The van der Waals surface area contributed by atoms with Crippen molar-refractivity contribution >= 4 is 40.9 Å². The first-order valence-electron chi connectivity index (χ1n) is 11.8. The summed E-state index contributed by atoms with van der Waals surface area (Å²) in [5.74, 6) is -0.00903. The highest BCUT2D eigenvalue weighted by Gasteiger charge is 2.39. The molecule has 0 radical (unpaired) electrons. The highest BCUT2D eigenvalue weighted by Crippen LogP contribution is 2.29. The minimum absolute atomic E-state index is 0.00345. The minimum atomic E-state index is -0.476. The van der Waals surface area contributed by atoms with Crippen LogP contribution >= 0.6 is 23.2 Å². The summed E-state index contributed by atoms with van der Waals surface area (Å²) in [5.41, 5.74) is 0.334. The number of carbonyl (C=O) groups excluding carboxylic acids is 3. The van der Waals surface area contributed by atoms with Crippen molar-refractivity contribution < 1.29 is 14.4 Å². The Kier molecular flexibility index (Phi) is 7.62. The van der Waals surface area contributed by atoms with Crippen LogP contribution < -0.4 is 0 Å². The monoisotopic (exact) mass is 479 g/mol. The maximum Gasteiger partial charge on any atom is 0.256 e. The molecule has 3 saturated heterocycles. The molecule has 1 aromatic carbocycles. The van der Waals surface area contributed by atoms with Gasteiger partial charge in [-0.3, -0.25) is 14.4 Å². The molecule has 3 amide bonds. The molecular formula is C24H31Cl2N3O3. The summed E-state index contributed by atoms with van der Waals surface area (Å²) in [4.78, 5) is 44.9. The smallest absolute Gasteiger partial charge is 0.256 e. The van der Waals surface area contributed by atoms with Crippen molar-refractivity contribution in [2.24, 2.45) is 5.92 Å². The minimum Gasteiger partial charge on any atom is -0.342 e. The van der Waals surface area contributed by atoms with Gasteiger partial charge in [0.15, 0.2) is 0 Å². The lowest BCUT2D eigenvalue weighted by molar-refractivity contribution is -0.142. The molecule has 4 rings (SSSR count). The van der Waals surface area contributed by atoms with Crippen LogP contribution in [0.25, 0.3) is 0 Å².